The van der Waals surface area contributed by atoms with Crippen molar-refractivity contribution in [3.63, 3.8) is 0 Å². The van der Waals surface area contributed by atoms with Crippen LogP contribution < -0.4 is 0 Å². The summed E-state index contributed by atoms with van der Waals surface area (Å²) in [5.74, 6) is 3.72. The molecule has 0 atom stereocenters. The van der Waals surface area contributed by atoms with Crippen molar-refractivity contribution in [1.29, 1.82) is 0 Å². The van der Waals surface area contributed by atoms with Crippen LogP contribution in [0, 0.1) is 17.7 Å². The highest BCUT2D eigenvalue weighted by atomic mass is 35.5. The molecule has 0 nitrogen and oxygen atoms in total. The molecule has 0 spiro atoms. The molecule has 1 rings (SSSR count). The first-order valence-electron chi connectivity index (χ1n) is 4.37. The Labute approximate surface area is 95.2 Å². The average Bonchev–Trinajstić information content (AvgIpc) is 2.19. The van der Waals surface area contributed by atoms with Crippen LogP contribution in [0.5, 0.6) is 0 Å². The zero-order chi connectivity index (χ0) is 12.2. The molecule has 0 saturated heterocycles. The van der Waals surface area contributed by atoms with Crippen LogP contribution in [0.1, 0.15) is 17.5 Å². The third-order valence-electron chi connectivity index (χ3n) is 1.75. The first kappa shape index (κ1) is 12.9. The maximum atomic E-state index is 13.3. The first-order valence-corrected chi connectivity index (χ1v) is 4.91. The summed E-state index contributed by atoms with van der Waals surface area (Å²) in [6.45, 7) is 0. The summed E-state index contributed by atoms with van der Waals surface area (Å²) in [6, 6.07) is 3.00. The van der Waals surface area contributed by atoms with Gasteiger partial charge in [0, 0.05) is 12.3 Å². The Balaban J connectivity index is 3.11. The molecule has 5 heteroatoms. The number of hydrogen-bond acceptors (Lipinski definition) is 0. The van der Waals surface area contributed by atoms with Crippen LogP contribution >= 0.6 is 11.6 Å². The molecule has 16 heavy (non-hydrogen) atoms. The summed E-state index contributed by atoms with van der Waals surface area (Å²) in [4.78, 5) is 0. The van der Waals surface area contributed by atoms with Gasteiger partial charge < -0.3 is 0 Å². The second kappa shape index (κ2) is 5.22. The van der Waals surface area contributed by atoms with Crippen molar-refractivity contribution in [3.05, 3.63) is 35.1 Å². The van der Waals surface area contributed by atoms with Crippen molar-refractivity contribution in [2.24, 2.45) is 0 Å². The SMILES string of the molecule is Fc1c(C#CCCCl)cccc1C(F)(F)F. The van der Waals surface area contributed by atoms with E-state index in [2.05, 4.69) is 11.8 Å². The molecule has 0 amide bonds. The van der Waals surface area contributed by atoms with Gasteiger partial charge in [-0.3, -0.25) is 0 Å². The maximum absolute atomic E-state index is 13.3. The molecule has 1 aromatic carbocycles. The lowest BCUT2D eigenvalue weighted by molar-refractivity contribution is -0.140. The Morgan fingerprint density at radius 3 is 2.50 bits per heavy atom. The second-order valence-electron chi connectivity index (χ2n) is 2.91. The van der Waals surface area contributed by atoms with E-state index in [1.165, 1.54) is 6.07 Å². The first-order chi connectivity index (χ1) is 7.46. The van der Waals surface area contributed by atoms with E-state index >= 15 is 0 Å². The monoisotopic (exact) mass is 250 g/mol. The molecule has 0 aliphatic heterocycles. The van der Waals surface area contributed by atoms with Crippen LogP contribution in [0.4, 0.5) is 17.6 Å². The molecule has 0 radical (unpaired) electrons. The standard InChI is InChI=1S/C11H7ClF4/c12-7-2-1-4-8-5-3-6-9(10(8)13)11(14,15)16/h3,5-6H,2,7H2. The minimum atomic E-state index is -4.70. The summed E-state index contributed by atoms with van der Waals surface area (Å²) in [5.41, 5.74) is -1.56. The second-order valence-corrected chi connectivity index (χ2v) is 3.28. The largest absolute Gasteiger partial charge is 0.419 e. The highest BCUT2D eigenvalue weighted by molar-refractivity contribution is 6.18. The number of rotatable bonds is 1. The van der Waals surface area contributed by atoms with Crippen LogP contribution in [0.3, 0.4) is 0 Å². The van der Waals surface area contributed by atoms with Gasteiger partial charge in [0.05, 0.1) is 11.1 Å². The van der Waals surface area contributed by atoms with Gasteiger partial charge in [0.15, 0.2) is 5.82 Å². The number of benzene rings is 1. The number of hydrogen-bond donors (Lipinski definition) is 0. The molecule has 0 aliphatic carbocycles. The summed E-state index contributed by atoms with van der Waals surface area (Å²) in [6.07, 6.45) is -4.40. The molecule has 0 unspecified atom stereocenters. The summed E-state index contributed by atoms with van der Waals surface area (Å²) in [7, 11) is 0. The van der Waals surface area contributed by atoms with Crippen molar-refractivity contribution in [2.45, 2.75) is 12.6 Å². The van der Waals surface area contributed by atoms with E-state index in [-0.39, 0.29) is 11.4 Å². The fraction of sp³-hybridized carbons (Fsp3) is 0.273. The van der Waals surface area contributed by atoms with Gasteiger partial charge in [-0.25, -0.2) is 4.39 Å². The van der Waals surface area contributed by atoms with Crippen LogP contribution in [0.15, 0.2) is 18.2 Å². The van der Waals surface area contributed by atoms with E-state index in [0.29, 0.717) is 12.5 Å². The van der Waals surface area contributed by atoms with Gasteiger partial charge in [-0.1, -0.05) is 17.9 Å². The molecule has 86 valence electrons. The number of alkyl halides is 4. The summed E-state index contributed by atoms with van der Waals surface area (Å²) < 4.78 is 50.3. The lowest BCUT2D eigenvalue weighted by Gasteiger charge is -2.08. The van der Waals surface area contributed by atoms with E-state index in [9.17, 15) is 17.6 Å². The quantitative estimate of drug-likeness (QED) is 0.404. The Morgan fingerprint density at radius 1 is 1.25 bits per heavy atom. The molecule has 1 aromatic rings. The maximum Gasteiger partial charge on any atom is 0.419 e. The predicted molar refractivity (Wildman–Crippen MR) is 53.6 cm³/mol. The smallest absolute Gasteiger partial charge is 0.205 e. The molecule has 0 aliphatic rings. The molecule has 0 fully saturated rings. The molecule has 0 N–H and O–H groups in total. The Kier molecular flexibility index (Phi) is 4.19. The normalized spacial score (nSPS) is 10.8. The zero-order valence-corrected chi connectivity index (χ0v) is 8.79. The minimum absolute atomic E-state index is 0.258. The lowest BCUT2D eigenvalue weighted by atomic mass is 10.1. The molecule has 0 aromatic heterocycles. The number of halogens is 5. The van der Waals surface area contributed by atoms with Gasteiger partial charge >= 0.3 is 6.18 Å². The van der Waals surface area contributed by atoms with Crippen LogP contribution in [0.2, 0.25) is 0 Å². The van der Waals surface area contributed by atoms with Crippen LogP contribution in [0.25, 0.3) is 0 Å². The topological polar surface area (TPSA) is 0 Å². The molecular weight excluding hydrogens is 244 g/mol. The highest BCUT2D eigenvalue weighted by Crippen LogP contribution is 2.32. The van der Waals surface area contributed by atoms with Gasteiger partial charge in [-0.2, -0.15) is 13.2 Å². The van der Waals surface area contributed by atoms with Gasteiger partial charge in [-0.15, -0.1) is 11.6 Å². The third-order valence-corrected chi connectivity index (χ3v) is 1.94. The summed E-state index contributed by atoms with van der Waals surface area (Å²) in [5, 5.41) is 0. The van der Waals surface area contributed by atoms with E-state index < -0.39 is 17.6 Å². The van der Waals surface area contributed by atoms with Crippen molar-refractivity contribution in [1.82, 2.24) is 0 Å². The molecule has 0 saturated carbocycles. The summed E-state index contributed by atoms with van der Waals surface area (Å²) >= 11 is 5.34. The fourth-order valence-corrected chi connectivity index (χ4v) is 1.15. The molecule has 0 heterocycles. The van der Waals surface area contributed by atoms with E-state index in [1.807, 2.05) is 0 Å². The van der Waals surface area contributed by atoms with Gasteiger partial charge in [0.25, 0.3) is 0 Å². The van der Waals surface area contributed by atoms with Gasteiger partial charge in [-0.05, 0) is 12.1 Å². The average molecular weight is 251 g/mol. The Hall–Kier alpha value is -1.21. The molecule has 0 bridgehead atoms. The van der Waals surface area contributed by atoms with Gasteiger partial charge in [0.1, 0.15) is 0 Å². The lowest BCUT2D eigenvalue weighted by Crippen LogP contribution is -2.08. The Morgan fingerprint density at radius 2 is 1.94 bits per heavy atom. The van der Waals surface area contributed by atoms with Crippen LogP contribution in [-0.2, 0) is 6.18 Å². The van der Waals surface area contributed by atoms with Crippen LogP contribution in [-0.4, -0.2) is 5.88 Å². The van der Waals surface area contributed by atoms with Gasteiger partial charge in [0.2, 0.25) is 0 Å². The van der Waals surface area contributed by atoms with E-state index in [0.717, 1.165) is 6.07 Å². The zero-order valence-electron chi connectivity index (χ0n) is 8.04. The van der Waals surface area contributed by atoms with E-state index in [1.54, 1.807) is 0 Å². The Bertz CT molecular complexity index is 426. The molecular formula is C11H7ClF4. The minimum Gasteiger partial charge on any atom is -0.205 e. The van der Waals surface area contributed by atoms with Crippen molar-refractivity contribution >= 4 is 11.6 Å². The third kappa shape index (κ3) is 3.14. The van der Waals surface area contributed by atoms with Crippen molar-refractivity contribution < 1.29 is 17.6 Å². The highest BCUT2D eigenvalue weighted by Gasteiger charge is 2.34. The fourth-order valence-electron chi connectivity index (χ4n) is 1.05. The predicted octanol–water partition coefficient (Wildman–Crippen LogP) is 3.82. The van der Waals surface area contributed by atoms with Crippen molar-refractivity contribution in [2.75, 3.05) is 5.88 Å². The van der Waals surface area contributed by atoms with Crippen molar-refractivity contribution in [3.8, 4) is 11.8 Å². The van der Waals surface area contributed by atoms with E-state index in [4.69, 9.17) is 11.6 Å².